The van der Waals surface area contributed by atoms with Crippen molar-refractivity contribution in [2.45, 2.75) is 13.2 Å². The summed E-state index contributed by atoms with van der Waals surface area (Å²) in [4.78, 5) is 11.8. The topological polar surface area (TPSA) is 92.9 Å². The first-order chi connectivity index (χ1) is 13.9. The van der Waals surface area contributed by atoms with Gasteiger partial charge in [0.1, 0.15) is 23.3 Å². The van der Waals surface area contributed by atoms with Crippen LogP contribution in [0.2, 0.25) is 0 Å². The number of para-hydroxylation sites is 1. The lowest BCUT2D eigenvalue weighted by Crippen LogP contribution is -2.24. The minimum Gasteiger partial charge on any atom is -0.482 e. The third kappa shape index (κ3) is 7.02. The lowest BCUT2D eigenvalue weighted by Gasteiger charge is -2.11. The molecule has 0 aliphatic carbocycles. The number of halogens is 4. The number of nitrogens with one attached hydrogen (secondary N) is 1. The summed E-state index contributed by atoms with van der Waals surface area (Å²) < 4.78 is 63.0. The van der Waals surface area contributed by atoms with Crippen LogP contribution in [0, 0.1) is 11.3 Å². The summed E-state index contributed by atoms with van der Waals surface area (Å²) >= 11 is 0. The van der Waals surface area contributed by atoms with Gasteiger partial charge in [0, 0.05) is 11.6 Å². The van der Waals surface area contributed by atoms with E-state index in [-0.39, 0.29) is 22.6 Å². The van der Waals surface area contributed by atoms with Crippen molar-refractivity contribution in [1.29, 1.82) is 5.26 Å². The second-order valence-corrected chi connectivity index (χ2v) is 5.15. The number of rotatable bonds is 9. The van der Waals surface area contributed by atoms with E-state index in [1.165, 1.54) is 12.1 Å². The Morgan fingerprint density at radius 3 is 2.52 bits per heavy atom. The summed E-state index contributed by atoms with van der Waals surface area (Å²) in [6, 6.07) is 11.2. The van der Waals surface area contributed by atoms with Gasteiger partial charge in [0.25, 0.3) is 5.91 Å². The normalized spacial score (nSPS) is 10.8. The quantitative estimate of drug-likeness (QED) is 0.388. The predicted octanol–water partition coefficient (Wildman–Crippen LogP) is 3.29. The maximum Gasteiger partial charge on any atom is 0.387 e. The third-order valence-corrected chi connectivity index (χ3v) is 3.19. The van der Waals surface area contributed by atoms with E-state index >= 15 is 0 Å². The molecule has 0 spiro atoms. The number of alkyl halides is 4. The highest BCUT2D eigenvalue weighted by atomic mass is 19.3. The predicted molar refractivity (Wildman–Crippen MR) is 92.1 cm³/mol. The monoisotopic (exact) mass is 411 g/mol. The minimum absolute atomic E-state index is 0.0250. The number of hydrogen-bond donors (Lipinski definition) is 1. The molecule has 29 heavy (non-hydrogen) atoms. The number of nitrogens with zero attached hydrogens (tertiary/aromatic N) is 2. The maximum absolute atomic E-state index is 12.5. The van der Waals surface area contributed by atoms with Crippen LogP contribution in [0.15, 0.2) is 47.6 Å². The van der Waals surface area contributed by atoms with Crippen molar-refractivity contribution in [1.82, 2.24) is 5.43 Å². The van der Waals surface area contributed by atoms with Crippen LogP contribution >= 0.6 is 0 Å². The second-order valence-electron chi connectivity index (χ2n) is 5.15. The van der Waals surface area contributed by atoms with Gasteiger partial charge >= 0.3 is 13.2 Å². The Balaban J connectivity index is 1.99. The van der Waals surface area contributed by atoms with Crippen molar-refractivity contribution < 1.29 is 36.6 Å². The van der Waals surface area contributed by atoms with Crippen molar-refractivity contribution in [3.8, 4) is 23.3 Å². The summed E-state index contributed by atoms with van der Waals surface area (Å²) in [5, 5.41) is 12.5. The second kappa shape index (κ2) is 10.5. The van der Waals surface area contributed by atoms with E-state index in [1.54, 1.807) is 12.1 Å². The van der Waals surface area contributed by atoms with Gasteiger partial charge in [-0.05, 0) is 24.3 Å². The molecule has 0 atom stereocenters. The van der Waals surface area contributed by atoms with E-state index in [9.17, 15) is 22.4 Å². The van der Waals surface area contributed by atoms with E-state index in [1.807, 2.05) is 6.07 Å². The smallest absolute Gasteiger partial charge is 0.387 e. The van der Waals surface area contributed by atoms with Crippen LogP contribution in [0.4, 0.5) is 17.6 Å². The van der Waals surface area contributed by atoms with Gasteiger partial charge in [0.05, 0.1) is 11.8 Å². The molecule has 1 amide bonds. The summed E-state index contributed by atoms with van der Waals surface area (Å²) in [5.74, 6) is -1.35. The molecule has 152 valence electrons. The average molecular weight is 411 g/mol. The molecule has 0 bridgehead atoms. The minimum atomic E-state index is -3.22. The Kier molecular flexibility index (Phi) is 7.78. The van der Waals surface area contributed by atoms with Crippen LogP contribution in [0.25, 0.3) is 0 Å². The zero-order chi connectivity index (χ0) is 21.2. The number of benzene rings is 2. The van der Waals surface area contributed by atoms with Gasteiger partial charge in [-0.15, -0.1) is 0 Å². The largest absolute Gasteiger partial charge is 0.482 e. The Morgan fingerprint density at radius 2 is 1.83 bits per heavy atom. The maximum atomic E-state index is 12.5. The number of amides is 1. The highest BCUT2D eigenvalue weighted by Crippen LogP contribution is 2.26. The standard InChI is InChI=1S/C18H13F4N3O4/c19-17(20)28-13-6-5-12(15(7-13)29-18(21)22)9-24-25-16(26)10-27-14-4-2-1-3-11(14)8-23/h1-7,9,17-18H,10H2,(H,25,26)/b24-9-. The highest BCUT2D eigenvalue weighted by molar-refractivity contribution is 5.85. The molecule has 2 aromatic carbocycles. The number of carbonyl (C=O) groups is 1. The fourth-order valence-electron chi connectivity index (χ4n) is 2.03. The zero-order valence-electron chi connectivity index (χ0n) is 14.5. The molecule has 0 radical (unpaired) electrons. The van der Waals surface area contributed by atoms with Gasteiger partial charge in [0.15, 0.2) is 6.61 Å². The SMILES string of the molecule is N#Cc1ccccc1OCC(=O)N/N=C\c1ccc(OC(F)F)cc1OC(F)F. The van der Waals surface area contributed by atoms with Crippen LogP contribution in [-0.2, 0) is 4.79 Å². The molecule has 11 heteroatoms. The van der Waals surface area contributed by atoms with E-state index in [0.29, 0.717) is 0 Å². The van der Waals surface area contributed by atoms with E-state index in [0.717, 1.165) is 24.4 Å². The lowest BCUT2D eigenvalue weighted by atomic mass is 10.2. The average Bonchev–Trinajstić information content (AvgIpc) is 2.67. The highest BCUT2D eigenvalue weighted by Gasteiger charge is 2.13. The van der Waals surface area contributed by atoms with Crippen molar-refractivity contribution >= 4 is 12.1 Å². The van der Waals surface area contributed by atoms with Crippen LogP contribution in [0.1, 0.15) is 11.1 Å². The number of hydrazone groups is 1. The first-order valence-electron chi connectivity index (χ1n) is 7.86. The van der Waals surface area contributed by atoms with Crippen LogP contribution in [0.5, 0.6) is 17.2 Å². The van der Waals surface area contributed by atoms with Gasteiger partial charge in [-0.1, -0.05) is 12.1 Å². The molecule has 0 fully saturated rings. The Morgan fingerprint density at radius 1 is 1.10 bits per heavy atom. The summed E-state index contributed by atoms with van der Waals surface area (Å²) in [7, 11) is 0. The van der Waals surface area contributed by atoms with Crippen molar-refractivity contribution in [3.63, 3.8) is 0 Å². The Labute approximate surface area is 162 Å². The lowest BCUT2D eigenvalue weighted by molar-refractivity contribution is -0.123. The van der Waals surface area contributed by atoms with E-state index < -0.39 is 31.5 Å². The number of hydrogen-bond acceptors (Lipinski definition) is 6. The van der Waals surface area contributed by atoms with E-state index in [4.69, 9.17) is 10.00 Å². The van der Waals surface area contributed by atoms with Gasteiger partial charge in [-0.3, -0.25) is 4.79 Å². The Hall–Kier alpha value is -3.81. The summed E-state index contributed by atoms with van der Waals surface area (Å²) in [6.45, 7) is -6.82. The van der Waals surface area contributed by atoms with Gasteiger partial charge in [-0.2, -0.15) is 27.9 Å². The number of carbonyl (C=O) groups excluding carboxylic acids is 1. The Bertz CT molecular complexity index is 916. The fourth-order valence-corrected chi connectivity index (χ4v) is 2.03. The van der Waals surface area contributed by atoms with Crippen molar-refractivity contribution in [3.05, 3.63) is 53.6 Å². The molecule has 0 saturated carbocycles. The summed E-state index contributed by atoms with van der Waals surface area (Å²) in [5.41, 5.74) is 2.31. The molecule has 0 saturated heterocycles. The molecule has 0 heterocycles. The number of ether oxygens (including phenoxy) is 3. The molecule has 0 aliphatic rings. The van der Waals surface area contributed by atoms with Crippen molar-refractivity contribution in [2.24, 2.45) is 5.10 Å². The van der Waals surface area contributed by atoms with Gasteiger partial charge < -0.3 is 14.2 Å². The molecule has 2 rings (SSSR count). The number of nitriles is 1. The zero-order valence-corrected chi connectivity index (χ0v) is 14.5. The van der Waals surface area contributed by atoms with Crippen LogP contribution in [-0.4, -0.2) is 32.0 Å². The first kappa shape index (κ1) is 21.5. The van der Waals surface area contributed by atoms with Crippen LogP contribution < -0.4 is 19.6 Å². The third-order valence-electron chi connectivity index (χ3n) is 3.19. The first-order valence-corrected chi connectivity index (χ1v) is 7.86. The molecule has 1 N–H and O–H groups in total. The van der Waals surface area contributed by atoms with Crippen LogP contribution in [0.3, 0.4) is 0 Å². The molecule has 0 unspecified atom stereocenters. The fraction of sp³-hybridized carbons (Fsp3) is 0.167. The van der Waals surface area contributed by atoms with E-state index in [2.05, 4.69) is 20.0 Å². The molecular weight excluding hydrogens is 398 g/mol. The van der Waals surface area contributed by atoms with Gasteiger partial charge in [-0.25, -0.2) is 5.43 Å². The van der Waals surface area contributed by atoms with Crippen molar-refractivity contribution in [2.75, 3.05) is 6.61 Å². The molecule has 0 aromatic heterocycles. The molecule has 2 aromatic rings. The molecule has 0 aliphatic heterocycles. The molecule has 7 nitrogen and oxygen atoms in total. The van der Waals surface area contributed by atoms with Gasteiger partial charge in [0.2, 0.25) is 0 Å². The molecular formula is C18H13F4N3O4. The summed E-state index contributed by atoms with van der Waals surface area (Å²) in [6.07, 6.45) is 0.977.